The maximum absolute atomic E-state index is 5.47. The molecular formula is C17H25NO. The van der Waals surface area contributed by atoms with Gasteiger partial charge in [-0.3, -0.25) is 0 Å². The smallest absolute Gasteiger partial charge is 0.119 e. The second kappa shape index (κ2) is 6.76. The van der Waals surface area contributed by atoms with Gasteiger partial charge in [0.2, 0.25) is 0 Å². The first-order valence-electron chi connectivity index (χ1n) is 7.35. The monoisotopic (exact) mass is 259 g/mol. The highest BCUT2D eigenvalue weighted by molar-refractivity contribution is 5.54. The molecule has 2 rings (SSSR count). The first-order chi connectivity index (χ1) is 9.19. The predicted molar refractivity (Wildman–Crippen MR) is 81.5 cm³/mol. The van der Waals surface area contributed by atoms with Crippen molar-refractivity contribution in [2.45, 2.75) is 39.7 Å². The molecule has 0 aromatic heterocycles. The predicted octanol–water partition coefficient (Wildman–Crippen LogP) is 3.88. The Kier molecular flexibility index (Phi) is 5.03. The average Bonchev–Trinajstić information content (AvgIpc) is 3.20. The molecule has 2 heteroatoms. The molecule has 0 atom stereocenters. The van der Waals surface area contributed by atoms with Crippen LogP contribution >= 0.6 is 0 Å². The van der Waals surface area contributed by atoms with E-state index in [1.165, 1.54) is 24.0 Å². The van der Waals surface area contributed by atoms with Gasteiger partial charge in [-0.1, -0.05) is 37.6 Å². The summed E-state index contributed by atoms with van der Waals surface area (Å²) in [5, 5.41) is 3.60. The molecule has 1 aromatic carbocycles. The van der Waals surface area contributed by atoms with Crippen LogP contribution in [-0.4, -0.2) is 19.2 Å². The van der Waals surface area contributed by atoms with Gasteiger partial charge in [0.25, 0.3) is 0 Å². The van der Waals surface area contributed by atoms with Crippen molar-refractivity contribution in [3.05, 3.63) is 35.4 Å². The second-order valence-electron chi connectivity index (χ2n) is 5.53. The van der Waals surface area contributed by atoms with Crippen LogP contribution in [0.25, 0.3) is 6.08 Å². The van der Waals surface area contributed by atoms with Gasteiger partial charge in [-0.25, -0.2) is 0 Å². The highest BCUT2D eigenvalue weighted by Crippen LogP contribution is 2.21. The Balaban J connectivity index is 2.01. The van der Waals surface area contributed by atoms with E-state index in [1.54, 1.807) is 0 Å². The Morgan fingerprint density at radius 3 is 2.53 bits per heavy atom. The van der Waals surface area contributed by atoms with Gasteiger partial charge in [-0.2, -0.15) is 0 Å². The minimum Gasteiger partial charge on any atom is -0.494 e. The molecule has 1 fully saturated rings. The van der Waals surface area contributed by atoms with Crippen LogP contribution in [0, 0.1) is 5.92 Å². The van der Waals surface area contributed by atoms with E-state index >= 15 is 0 Å². The summed E-state index contributed by atoms with van der Waals surface area (Å²) in [5.41, 5.74) is 2.72. The molecule has 1 aliphatic carbocycles. The molecule has 0 radical (unpaired) electrons. The quantitative estimate of drug-likeness (QED) is 0.802. The number of benzene rings is 1. The van der Waals surface area contributed by atoms with Crippen LogP contribution in [0.2, 0.25) is 0 Å². The molecule has 0 amide bonds. The Morgan fingerprint density at radius 1 is 1.32 bits per heavy atom. The van der Waals surface area contributed by atoms with Crippen molar-refractivity contribution in [1.29, 1.82) is 0 Å². The zero-order valence-electron chi connectivity index (χ0n) is 12.3. The summed E-state index contributed by atoms with van der Waals surface area (Å²) in [5.74, 6) is 1.53. The van der Waals surface area contributed by atoms with Crippen LogP contribution < -0.4 is 10.1 Å². The van der Waals surface area contributed by atoms with Gasteiger partial charge < -0.3 is 10.1 Å². The zero-order valence-corrected chi connectivity index (χ0v) is 12.3. The highest BCUT2D eigenvalue weighted by atomic mass is 16.5. The summed E-state index contributed by atoms with van der Waals surface area (Å²) in [6, 6.07) is 9.11. The largest absolute Gasteiger partial charge is 0.494 e. The van der Waals surface area contributed by atoms with Gasteiger partial charge in [0.15, 0.2) is 0 Å². The fraction of sp³-hybridized carbons (Fsp3) is 0.529. The van der Waals surface area contributed by atoms with Crippen LogP contribution in [-0.2, 0) is 0 Å². The van der Waals surface area contributed by atoms with Gasteiger partial charge in [-0.15, -0.1) is 0 Å². The summed E-state index contributed by atoms with van der Waals surface area (Å²) in [6.45, 7) is 8.26. The maximum Gasteiger partial charge on any atom is 0.119 e. The Labute approximate surface area is 116 Å². The van der Waals surface area contributed by atoms with Crippen LogP contribution in [0.1, 0.15) is 39.2 Å². The van der Waals surface area contributed by atoms with Crippen molar-refractivity contribution in [2.75, 3.05) is 13.2 Å². The van der Waals surface area contributed by atoms with Gasteiger partial charge in [0, 0.05) is 12.6 Å². The lowest BCUT2D eigenvalue weighted by Gasteiger charge is -2.13. The third kappa shape index (κ3) is 4.71. The van der Waals surface area contributed by atoms with Gasteiger partial charge in [0.05, 0.1) is 6.61 Å². The number of hydrogen-bond donors (Lipinski definition) is 1. The lowest BCUT2D eigenvalue weighted by Crippen LogP contribution is -2.21. The first-order valence-corrected chi connectivity index (χ1v) is 7.35. The van der Waals surface area contributed by atoms with E-state index in [0.717, 1.165) is 24.9 Å². The fourth-order valence-corrected chi connectivity index (χ4v) is 2.01. The molecule has 0 spiro atoms. The number of rotatable bonds is 7. The SMILES string of the molecule is CCOc1ccc(C=C(CNC2CC2)C(C)C)cc1. The number of hydrogen-bond acceptors (Lipinski definition) is 2. The molecule has 19 heavy (non-hydrogen) atoms. The molecule has 1 N–H and O–H groups in total. The van der Waals surface area contributed by atoms with Crippen molar-refractivity contribution in [3.8, 4) is 5.75 Å². The Bertz CT molecular complexity index is 415. The van der Waals surface area contributed by atoms with Crippen LogP contribution in [0.4, 0.5) is 0 Å². The molecule has 0 saturated heterocycles. The van der Waals surface area contributed by atoms with E-state index in [2.05, 4.69) is 37.4 Å². The van der Waals surface area contributed by atoms with Crippen LogP contribution in [0.15, 0.2) is 29.8 Å². The van der Waals surface area contributed by atoms with Crippen LogP contribution in [0.3, 0.4) is 0 Å². The van der Waals surface area contributed by atoms with Crippen LogP contribution in [0.5, 0.6) is 5.75 Å². The summed E-state index contributed by atoms with van der Waals surface area (Å²) < 4.78 is 5.47. The van der Waals surface area contributed by atoms with E-state index in [0.29, 0.717) is 5.92 Å². The topological polar surface area (TPSA) is 21.3 Å². The molecule has 104 valence electrons. The molecule has 2 nitrogen and oxygen atoms in total. The minimum absolute atomic E-state index is 0.581. The molecule has 0 aliphatic heterocycles. The van der Waals surface area contributed by atoms with E-state index in [-0.39, 0.29) is 0 Å². The van der Waals surface area contributed by atoms with Crippen molar-refractivity contribution in [3.63, 3.8) is 0 Å². The molecule has 1 saturated carbocycles. The highest BCUT2D eigenvalue weighted by Gasteiger charge is 2.20. The molecule has 1 aliphatic rings. The lowest BCUT2D eigenvalue weighted by molar-refractivity contribution is 0.340. The van der Waals surface area contributed by atoms with E-state index in [4.69, 9.17) is 4.74 Å². The number of nitrogens with one attached hydrogen (secondary N) is 1. The first kappa shape index (κ1) is 14.1. The molecule has 0 heterocycles. The third-order valence-electron chi connectivity index (χ3n) is 3.46. The molecule has 0 unspecified atom stereocenters. The average molecular weight is 259 g/mol. The van der Waals surface area contributed by atoms with Gasteiger partial charge >= 0.3 is 0 Å². The zero-order chi connectivity index (χ0) is 13.7. The second-order valence-corrected chi connectivity index (χ2v) is 5.53. The normalized spacial score (nSPS) is 15.9. The van der Waals surface area contributed by atoms with E-state index in [9.17, 15) is 0 Å². The maximum atomic E-state index is 5.47. The number of ether oxygens (including phenoxy) is 1. The standard InChI is InChI=1S/C17H25NO/c1-4-19-17-9-5-14(6-10-17)11-15(13(2)3)12-18-16-7-8-16/h5-6,9-11,13,16,18H,4,7-8,12H2,1-3H3. The summed E-state index contributed by atoms with van der Waals surface area (Å²) in [7, 11) is 0. The fourth-order valence-electron chi connectivity index (χ4n) is 2.01. The van der Waals surface area contributed by atoms with Crippen molar-refractivity contribution in [1.82, 2.24) is 5.32 Å². The summed E-state index contributed by atoms with van der Waals surface area (Å²) in [4.78, 5) is 0. The van der Waals surface area contributed by atoms with Gasteiger partial charge in [-0.05, 0) is 43.4 Å². The molecule has 1 aromatic rings. The lowest BCUT2D eigenvalue weighted by atomic mass is 10.00. The van der Waals surface area contributed by atoms with Gasteiger partial charge in [0.1, 0.15) is 5.75 Å². The molecule has 0 bridgehead atoms. The van der Waals surface area contributed by atoms with E-state index in [1.807, 2.05) is 19.1 Å². The van der Waals surface area contributed by atoms with E-state index < -0.39 is 0 Å². The van der Waals surface area contributed by atoms with Crippen molar-refractivity contribution in [2.24, 2.45) is 5.92 Å². The third-order valence-corrected chi connectivity index (χ3v) is 3.46. The van der Waals surface area contributed by atoms with Crippen molar-refractivity contribution < 1.29 is 4.74 Å². The summed E-state index contributed by atoms with van der Waals surface area (Å²) in [6.07, 6.45) is 4.98. The Morgan fingerprint density at radius 2 is 2.00 bits per heavy atom. The van der Waals surface area contributed by atoms with Crippen molar-refractivity contribution >= 4 is 6.08 Å². The molecular weight excluding hydrogens is 234 g/mol. The summed E-state index contributed by atoms with van der Waals surface area (Å²) >= 11 is 0. The Hall–Kier alpha value is -1.28. The minimum atomic E-state index is 0.581.